The smallest absolute Gasteiger partial charge is 0.119 e. The third-order valence-corrected chi connectivity index (χ3v) is 3.77. The van der Waals surface area contributed by atoms with Crippen LogP contribution in [-0.2, 0) is 0 Å². The van der Waals surface area contributed by atoms with Crippen LogP contribution in [0.5, 0.6) is 5.75 Å². The number of aryl methyl sites for hydroxylation is 1. The van der Waals surface area contributed by atoms with Gasteiger partial charge >= 0.3 is 0 Å². The molecule has 96 valence electrons. The molecule has 0 bridgehead atoms. The summed E-state index contributed by atoms with van der Waals surface area (Å²) in [4.78, 5) is 5.41. The lowest BCUT2D eigenvalue weighted by Gasteiger charge is -2.19. The fourth-order valence-electron chi connectivity index (χ4n) is 2.04. The summed E-state index contributed by atoms with van der Waals surface area (Å²) in [6.45, 7) is 5.16. The van der Waals surface area contributed by atoms with Crippen molar-refractivity contribution in [2.75, 3.05) is 13.7 Å². The SMILES string of the molecule is CCNC(c1cncs1)c1ccc(OC)cc1C. The van der Waals surface area contributed by atoms with E-state index in [4.69, 9.17) is 4.74 Å². The van der Waals surface area contributed by atoms with Crippen LogP contribution in [0, 0.1) is 6.92 Å². The van der Waals surface area contributed by atoms with Gasteiger partial charge in [-0.2, -0.15) is 0 Å². The number of nitrogens with zero attached hydrogens (tertiary/aromatic N) is 1. The summed E-state index contributed by atoms with van der Waals surface area (Å²) in [5, 5.41) is 3.51. The van der Waals surface area contributed by atoms with Crippen molar-refractivity contribution in [2.24, 2.45) is 0 Å². The third-order valence-electron chi connectivity index (χ3n) is 2.93. The summed E-state index contributed by atoms with van der Waals surface area (Å²) < 4.78 is 5.25. The van der Waals surface area contributed by atoms with Crippen LogP contribution in [0.15, 0.2) is 29.9 Å². The molecule has 1 aromatic carbocycles. The van der Waals surface area contributed by atoms with Crippen LogP contribution in [0.4, 0.5) is 0 Å². The van der Waals surface area contributed by atoms with Gasteiger partial charge in [0.15, 0.2) is 0 Å². The molecule has 0 saturated heterocycles. The Bertz CT molecular complexity index is 497. The molecule has 1 heterocycles. The maximum absolute atomic E-state index is 5.25. The molecule has 1 aromatic heterocycles. The highest BCUT2D eigenvalue weighted by atomic mass is 32.1. The first-order chi connectivity index (χ1) is 8.76. The zero-order chi connectivity index (χ0) is 13.0. The molecule has 0 radical (unpaired) electrons. The average molecular weight is 262 g/mol. The van der Waals surface area contributed by atoms with Crippen molar-refractivity contribution >= 4 is 11.3 Å². The molecule has 1 N–H and O–H groups in total. The molecule has 3 nitrogen and oxygen atoms in total. The highest BCUT2D eigenvalue weighted by Gasteiger charge is 2.16. The van der Waals surface area contributed by atoms with Gasteiger partial charge in [0.1, 0.15) is 5.75 Å². The van der Waals surface area contributed by atoms with Gasteiger partial charge in [-0.3, -0.25) is 4.98 Å². The van der Waals surface area contributed by atoms with Crippen LogP contribution in [-0.4, -0.2) is 18.6 Å². The first-order valence-corrected chi connectivity index (χ1v) is 6.90. The fourth-order valence-corrected chi connectivity index (χ4v) is 2.75. The lowest BCUT2D eigenvalue weighted by Crippen LogP contribution is -2.21. The molecule has 4 heteroatoms. The van der Waals surface area contributed by atoms with E-state index >= 15 is 0 Å². The van der Waals surface area contributed by atoms with E-state index in [2.05, 4.69) is 36.3 Å². The van der Waals surface area contributed by atoms with E-state index in [9.17, 15) is 0 Å². The Kier molecular flexibility index (Phi) is 4.33. The number of methoxy groups -OCH3 is 1. The van der Waals surface area contributed by atoms with Gasteiger partial charge in [-0.15, -0.1) is 11.3 Å². The van der Waals surface area contributed by atoms with E-state index in [1.807, 2.05) is 17.8 Å². The lowest BCUT2D eigenvalue weighted by molar-refractivity contribution is 0.414. The van der Waals surface area contributed by atoms with Gasteiger partial charge in [0, 0.05) is 11.1 Å². The summed E-state index contributed by atoms with van der Waals surface area (Å²) in [6, 6.07) is 6.42. The summed E-state index contributed by atoms with van der Waals surface area (Å²) in [6.07, 6.45) is 1.93. The zero-order valence-electron chi connectivity index (χ0n) is 10.9. The third kappa shape index (κ3) is 2.71. The molecule has 2 aromatic rings. The van der Waals surface area contributed by atoms with Gasteiger partial charge in [0.25, 0.3) is 0 Å². The Balaban J connectivity index is 2.37. The second-order valence-corrected chi connectivity index (χ2v) is 5.03. The van der Waals surface area contributed by atoms with Crippen LogP contribution in [0.3, 0.4) is 0 Å². The monoisotopic (exact) mass is 262 g/mol. The highest BCUT2D eigenvalue weighted by Crippen LogP contribution is 2.29. The first-order valence-electron chi connectivity index (χ1n) is 6.02. The summed E-state index contributed by atoms with van der Waals surface area (Å²) in [5.74, 6) is 0.899. The lowest BCUT2D eigenvalue weighted by atomic mass is 10.00. The van der Waals surface area contributed by atoms with Gasteiger partial charge in [0.2, 0.25) is 0 Å². The molecule has 1 unspecified atom stereocenters. The topological polar surface area (TPSA) is 34.2 Å². The van der Waals surface area contributed by atoms with Crippen molar-refractivity contribution < 1.29 is 4.74 Å². The maximum Gasteiger partial charge on any atom is 0.119 e. The number of nitrogens with one attached hydrogen (secondary N) is 1. The number of hydrogen-bond acceptors (Lipinski definition) is 4. The van der Waals surface area contributed by atoms with E-state index < -0.39 is 0 Å². The minimum absolute atomic E-state index is 0.216. The highest BCUT2D eigenvalue weighted by molar-refractivity contribution is 7.09. The largest absolute Gasteiger partial charge is 0.497 e. The minimum atomic E-state index is 0.216. The van der Waals surface area contributed by atoms with Crippen molar-refractivity contribution in [3.05, 3.63) is 45.9 Å². The first kappa shape index (κ1) is 13.1. The number of aromatic nitrogens is 1. The molecule has 1 atom stereocenters. The standard InChI is InChI=1S/C14H18N2OS/c1-4-16-14(13-8-15-9-18-13)12-6-5-11(17-3)7-10(12)2/h5-9,14,16H,4H2,1-3H3. The number of thiazole rings is 1. The molecule has 0 fully saturated rings. The van der Waals surface area contributed by atoms with Crippen molar-refractivity contribution in [2.45, 2.75) is 19.9 Å². The quantitative estimate of drug-likeness (QED) is 0.898. The molecule has 0 spiro atoms. The maximum atomic E-state index is 5.25. The van der Waals surface area contributed by atoms with Crippen LogP contribution >= 0.6 is 11.3 Å². The van der Waals surface area contributed by atoms with Gasteiger partial charge < -0.3 is 10.1 Å². The second-order valence-electron chi connectivity index (χ2n) is 4.12. The minimum Gasteiger partial charge on any atom is -0.497 e. The molecule has 0 aliphatic rings. The van der Waals surface area contributed by atoms with E-state index in [1.165, 1.54) is 16.0 Å². The Hall–Kier alpha value is -1.39. The van der Waals surface area contributed by atoms with Crippen molar-refractivity contribution in [3.8, 4) is 5.75 Å². The molecule has 2 rings (SSSR count). The van der Waals surface area contributed by atoms with Gasteiger partial charge in [-0.05, 0) is 36.7 Å². The number of hydrogen-bond donors (Lipinski definition) is 1. The van der Waals surface area contributed by atoms with Crippen LogP contribution in [0.2, 0.25) is 0 Å². The van der Waals surface area contributed by atoms with E-state index in [-0.39, 0.29) is 6.04 Å². The predicted octanol–water partition coefficient (Wildman–Crippen LogP) is 3.16. The number of benzene rings is 1. The van der Waals surface area contributed by atoms with Crippen LogP contribution in [0.1, 0.15) is 29.0 Å². The predicted molar refractivity (Wildman–Crippen MR) is 75.4 cm³/mol. The molecule has 0 amide bonds. The molecular formula is C14H18N2OS. The summed E-state index contributed by atoms with van der Waals surface area (Å²) in [5.41, 5.74) is 4.38. The Morgan fingerprint density at radius 2 is 2.28 bits per heavy atom. The Labute approximate surface area is 112 Å². The normalized spacial score (nSPS) is 12.4. The van der Waals surface area contributed by atoms with E-state index in [1.54, 1.807) is 18.4 Å². The van der Waals surface area contributed by atoms with E-state index in [0.29, 0.717) is 0 Å². The van der Waals surface area contributed by atoms with Gasteiger partial charge in [-0.25, -0.2) is 0 Å². The molecule has 0 aliphatic heterocycles. The molecule has 18 heavy (non-hydrogen) atoms. The number of rotatable bonds is 5. The number of ether oxygens (including phenoxy) is 1. The average Bonchev–Trinajstić information content (AvgIpc) is 2.90. The van der Waals surface area contributed by atoms with Crippen molar-refractivity contribution in [1.29, 1.82) is 0 Å². The van der Waals surface area contributed by atoms with E-state index in [0.717, 1.165) is 12.3 Å². The van der Waals surface area contributed by atoms with Crippen molar-refractivity contribution in [3.63, 3.8) is 0 Å². The summed E-state index contributed by atoms with van der Waals surface area (Å²) in [7, 11) is 1.69. The second kappa shape index (κ2) is 5.98. The Morgan fingerprint density at radius 3 is 2.83 bits per heavy atom. The molecule has 0 aliphatic carbocycles. The zero-order valence-corrected chi connectivity index (χ0v) is 11.8. The fraction of sp³-hybridized carbons (Fsp3) is 0.357. The van der Waals surface area contributed by atoms with Crippen LogP contribution in [0.25, 0.3) is 0 Å². The Morgan fingerprint density at radius 1 is 1.44 bits per heavy atom. The van der Waals surface area contributed by atoms with Gasteiger partial charge in [0.05, 0.1) is 18.7 Å². The summed E-state index contributed by atoms with van der Waals surface area (Å²) >= 11 is 1.68. The van der Waals surface area contributed by atoms with Crippen molar-refractivity contribution in [1.82, 2.24) is 10.3 Å². The molecule has 0 saturated carbocycles. The molecular weight excluding hydrogens is 244 g/mol. The van der Waals surface area contributed by atoms with Gasteiger partial charge in [-0.1, -0.05) is 13.0 Å². The van der Waals surface area contributed by atoms with Crippen LogP contribution < -0.4 is 10.1 Å².